The van der Waals surface area contributed by atoms with E-state index in [0.717, 1.165) is 0 Å². The van der Waals surface area contributed by atoms with E-state index in [1.54, 1.807) is 0 Å². The van der Waals surface area contributed by atoms with Gasteiger partial charge in [-0.3, -0.25) is 4.55 Å². The SMILES string of the molecule is CCOC(=O)C(c1cc(OC)cc(OC)n1)(C(C)(C)Cl)S(=O)(=O)O. The van der Waals surface area contributed by atoms with Crippen molar-refractivity contribution < 1.29 is 32.0 Å². The molecular weight excluding hydrogens is 362 g/mol. The molecule has 24 heavy (non-hydrogen) atoms. The second-order valence-corrected chi connectivity index (χ2v) is 7.79. The molecular formula is C14H20ClNO7S. The predicted molar refractivity (Wildman–Crippen MR) is 87.1 cm³/mol. The predicted octanol–water partition coefficient (Wildman–Crippen LogP) is 1.76. The Morgan fingerprint density at radius 3 is 2.25 bits per heavy atom. The van der Waals surface area contributed by atoms with Crippen molar-refractivity contribution in [1.29, 1.82) is 0 Å². The number of rotatable bonds is 7. The van der Waals surface area contributed by atoms with Gasteiger partial charge in [0, 0.05) is 12.1 Å². The zero-order valence-electron chi connectivity index (χ0n) is 14.0. The van der Waals surface area contributed by atoms with E-state index < -0.39 is 25.7 Å². The Kier molecular flexibility index (Phi) is 6.07. The highest BCUT2D eigenvalue weighted by molar-refractivity contribution is 7.87. The summed E-state index contributed by atoms with van der Waals surface area (Å²) in [6, 6.07) is 2.56. The van der Waals surface area contributed by atoms with Gasteiger partial charge >= 0.3 is 5.97 Å². The molecule has 1 aromatic heterocycles. The molecule has 8 nitrogen and oxygen atoms in total. The van der Waals surface area contributed by atoms with Crippen LogP contribution in [-0.2, 0) is 24.4 Å². The van der Waals surface area contributed by atoms with E-state index >= 15 is 0 Å². The van der Waals surface area contributed by atoms with Gasteiger partial charge in [-0.2, -0.15) is 8.42 Å². The number of ether oxygens (including phenoxy) is 3. The molecule has 1 unspecified atom stereocenters. The van der Waals surface area contributed by atoms with Crippen molar-refractivity contribution in [2.45, 2.75) is 30.4 Å². The maximum atomic E-state index is 12.6. The molecule has 0 saturated carbocycles. The minimum Gasteiger partial charge on any atom is -0.496 e. The zero-order valence-corrected chi connectivity index (χ0v) is 15.6. The monoisotopic (exact) mass is 381 g/mol. The van der Waals surface area contributed by atoms with Crippen molar-refractivity contribution in [2.75, 3.05) is 20.8 Å². The number of pyridine rings is 1. The Hall–Kier alpha value is -1.58. The normalized spacial score (nSPS) is 14.6. The smallest absolute Gasteiger partial charge is 0.338 e. The van der Waals surface area contributed by atoms with Crippen LogP contribution in [0.3, 0.4) is 0 Å². The van der Waals surface area contributed by atoms with Gasteiger partial charge in [-0.15, -0.1) is 11.6 Å². The van der Waals surface area contributed by atoms with Gasteiger partial charge in [0.25, 0.3) is 14.9 Å². The second kappa shape index (κ2) is 7.12. The first-order valence-corrected chi connectivity index (χ1v) is 8.71. The Bertz CT molecular complexity index is 692. The van der Waals surface area contributed by atoms with E-state index in [1.807, 2.05) is 0 Å². The van der Waals surface area contributed by atoms with Gasteiger partial charge in [0.15, 0.2) is 0 Å². The maximum Gasteiger partial charge on any atom is 0.338 e. The molecule has 0 bridgehead atoms. The van der Waals surface area contributed by atoms with Gasteiger partial charge in [0.2, 0.25) is 5.88 Å². The van der Waals surface area contributed by atoms with Crippen molar-refractivity contribution in [3.63, 3.8) is 0 Å². The Labute approximate surface area is 145 Å². The Balaban J connectivity index is 3.93. The van der Waals surface area contributed by atoms with Gasteiger partial charge in [-0.05, 0) is 20.8 Å². The number of aromatic nitrogens is 1. The van der Waals surface area contributed by atoms with Crippen LogP contribution in [0.15, 0.2) is 12.1 Å². The fourth-order valence-corrected chi connectivity index (χ4v) is 4.03. The number of alkyl halides is 1. The van der Waals surface area contributed by atoms with E-state index in [2.05, 4.69) is 4.98 Å². The van der Waals surface area contributed by atoms with Crippen LogP contribution in [0.1, 0.15) is 26.5 Å². The molecule has 10 heteroatoms. The lowest BCUT2D eigenvalue weighted by atomic mass is 9.89. The molecule has 1 atom stereocenters. The summed E-state index contributed by atoms with van der Waals surface area (Å²) >= 11 is 6.24. The van der Waals surface area contributed by atoms with Crippen LogP contribution in [0.5, 0.6) is 11.6 Å². The first-order valence-electron chi connectivity index (χ1n) is 6.89. The number of hydrogen-bond donors (Lipinski definition) is 1. The van der Waals surface area contributed by atoms with Crippen molar-refractivity contribution >= 4 is 27.7 Å². The third-order valence-corrected chi connectivity index (χ3v) is 5.42. The molecule has 1 N–H and O–H groups in total. The molecule has 1 aromatic rings. The van der Waals surface area contributed by atoms with E-state index in [9.17, 15) is 17.8 Å². The van der Waals surface area contributed by atoms with Crippen LogP contribution in [0, 0.1) is 0 Å². The van der Waals surface area contributed by atoms with Crippen LogP contribution in [0.2, 0.25) is 0 Å². The lowest BCUT2D eigenvalue weighted by Gasteiger charge is -2.37. The summed E-state index contributed by atoms with van der Waals surface area (Å²) in [4.78, 5) is 14.8. The van der Waals surface area contributed by atoms with E-state index in [0.29, 0.717) is 0 Å². The minimum absolute atomic E-state index is 0.0254. The van der Waals surface area contributed by atoms with Crippen LogP contribution in [-0.4, -0.2) is 49.6 Å². The molecule has 0 aliphatic heterocycles. The second-order valence-electron chi connectivity index (χ2n) is 5.28. The summed E-state index contributed by atoms with van der Waals surface area (Å²) in [6.07, 6.45) is 0. The standard InChI is InChI=1S/C14H20ClNO7S/c1-6-23-12(17)14(13(2,3)15,24(18,19)20)10-7-9(21-4)8-11(16-10)22-5/h7-8H,6H2,1-5H3,(H,18,19,20). The van der Waals surface area contributed by atoms with Crippen molar-refractivity contribution in [3.8, 4) is 11.6 Å². The lowest BCUT2D eigenvalue weighted by Crippen LogP contribution is -2.56. The first kappa shape index (κ1) is 20.5. The van der Waals surface area contributed by atoms with Gasteiger partial charge in [-0.1, -0.05) is 0 Å². The Morgan fingerprint density at radius 1 is 1.29 bits per heavy atom. The highest BCUT2D eigenvalue weighted by Gasteiger charge is 2.64. The summed E-state index contributed by atoms with van der Waals surface area (Å²) in [5, 5.41) is 0. The van der Waals surface area contributed by atoms with Crippen LogP contribution < -0.4 is 9.47 Å². The number of carbonyl (C=O) groups is 1. The molecule has 0 saturated heterocycles. The van der Waals surface area contributed by atoms with Crippen LogP contribution >= 0.6 is 11.6 Å². The third kappa shape index (κ3) is 3.42. The summed E-state index contributed by atoms with van der Waals surface area (Å²) in [7, 11) is -2.45. The van der Waals surface area contributed by atoms with Crippen molar-refractivity contribution in [1.82, 2.24) is 4.98 Å². The summed E-state index contributed by atoms with van der Waals surface area (Å²) in [5.41, 5.74) is -0.375. The molecule has 0 radical (unpaired) electrons. The van der Waals surface area contributed by atoms with Gasteiger partial charge in [0.1, 0.15) is 5.75 Å². The van der Waals surface area contributed by atoms with Crippen LogP contribution in [0.4, 0.5) is 0 Å². The van der Waals surface area contributed by atoms with Gasteiger partial charge in [0.05, 0.1) is 31.4 Å². The molecule has 136 valence electrons. The largest absolute Gasteiger partial charge is 0.496 e. The number of methoxy groups -OCH3 is 2. The highest BCUT2D eigenvalue weighted by Crippen LogP contribution is 2.46. The highest BCUT2D eigenvalue weighted by atomic mass is 35.5. The summed E-state index contributed by atoms with van der Waals surface area (Å²) in [6.45, 7) is 3.89. The topological polar surface area (TPSA) is 112 Å². The average molecular weight is 382 g/mol. The molecule has 0 aliphatic carbocycles. The molecule has 0 fully saturated rings. The molecule has 0 amide bonds. The lowest BCUT2D eigenvalue weighted by molar-refractivity contribution is -0.147. The third-order valence-electron chi connectivity index (χ3n) is 3.37. The average Bonchev–Trinajstić information content (AvgIpc) is 2.44. The Morgan fingerprint density at radius 2 is 1.88 bits per heavy atom. The summed E-state index contributed by atoms with van der Waals surface area (Å²) < 4.78 is 46.7. The zero-order chi connectivity index (χ0) is 18.8. The van der Waals surface area contributed by atoms with E-state index in [-0.39, 0.29) is 23.9 Å². The van der Waals surface area contributed by atoms with Crippen molar-refractivity contribution in [2.24, 2.45) is 0 Å². The molecule has 1 heterocycles. The van der Waals surface area contributed by atoms with E-state index in [4.69, 9.17) is 25.8 Å². The fraction of sp³-hybridized carbons (Fsp3) is 0.571. The number of halogens is 1. The first-order chi connectivity index (χ1) is 11.0. The number of hydrogen-bond acceptors (Lipinski definition) is 7. The maximum absolute atomic E-state index is 12.6. The van der Waals surface area contributed by atoms with E-state index in [1.165, 1.54) is 47.1 Å². The number of esters is 1. The molecule has 1 rings (SSSR count). The quantitative estimate of drug-likeness (QED) is 0.432. The molecule has 0 spiro atoms. The van der Waals surface area contributed by atoms with Crippen LogP contribution in [0.25, 0.3) is 0 Å². The minimum atomic E-state index is -5.09. The van der Waals surface area contributed by atoms with Gasteiger partial charge < -0.3 is 14.2 Å². The van der Waals surface area contributed by atoms with Gasteiger partial charge in [-0.25, -0.2) is 9.78 Å². The van der Waals surface area contributed by atoms with Crippen molar-refractivity contribution in [3.05, 3.63) is 17.8 Å². The fourth-order valence-electron chi connectivity index (χ4n) is 2.31. The molecule has 0 aliphatic rings. The number of carbonyl (C=O) groups excluding carboxylic acids is 1. The number of nitrogens with zero attached hydrogens (tertiary/aromatic N) is 1. The molecule has 0 aromatic carbocycles. The summed E-state index contributed by atoms with van der Waals surface area (Å²) in [5.74, 6) is -1.12.